The first-order valence-electron chi connectivity index (χ1n) is 21.9. The van der Waals surface area contributed by atoms with Crippen LogP contribution < -0.4 is 14.7 Å². The van der Waals surface area contributed by atoms with Crippen molar-refractivity contribution in [2.24, 2.45) is 0 Å². The molecule has 0 aliphatic rings. The Hall–Kier alpha value is -7.62. The monoisotopic (exact) mass is 815 g/mol. The van der Waals surface area contributed by atoms with Crippen molar-refractivity contribution in [3.8, 4) is 0 Å². The molecule has 0 aliphatic carbocycles. The highest BCUT2D eigenvalue weighted by Gasteiger charge is 2.26. The van der Waals surface area contributed by atoms with Gasteiger partial charge in [0.25, 0.3) is 0 Å². The van der Waals surface area contributed by atoms with Gasteiger partial charge in [-0.15, -0.1) is 0 Å². The van der Waals surface area contributed by atoms with Gasteiger partial charge in [0.15, 0.2) is 0 Å². The second-order valence-corrected chi connectivity index (χ2v) is 17.1. The summed E-state index contributed by atoms with van der Waals surface area (Å²) in [4.78, 5) is 6.96. The van der Waals surface area contributed by atoms with Gasteiger partial charge in [-0.25, -0.2) is 0 Å². The van der Waals surface area contributed by atoms with Crippen LogP contribution in [0.25, 0.3) is 0 Å². The number of nitrogens with zero attached hydrogens (tertiary/aromatic N) is 3. The van der Waals surface area contributed by atoms with Crippen molar-refractivity contribution in [1.82, 2.24) is 0 Å². The minimum absolute atomic E-state index is 0.216. The maximum absolute atomic E-state index is 2.35. The highest BCUT2D eigenvalue weighted by Crippen LogP contribution is 2.42. The zero-order valence-corrected chi connectivity index (χ0v) is 36.5. The quantitative estimate of drug-likeness (QED) is 0.115. The summed E-state index contributed by atoms with van der Waals surface area (Å²) in [5.41, 5.74) is 14.7. The first-order chi connectivity index (χ1) is 30.8. The van der Waals surface area contributed by atoms with Gasteiger partial charge in [-0.2, -0.15) is 0 Å². The standard InChI is InChI=1S/C60H53N3/c1-59(2,46-30-38-55(39-31-46)61(50-20-10-5-11-21-50)51-22-12-6-13-23-51)48-34-42-57(43-35-48)63(54-28-18-9-19-29-54)58-44-36-49(37-45-58)60(3,4)47-32-40-56(41-33-47)62(52-24-14-7-15-25-52)53-26-16-8-17-27-53/h5-45H,1-4H3. The van der Waals surface area contributed by atoms with Gasteiger partial charge in [0.2, 0.25) is 0 Å². The smallest absolute Gasteiger partial charge is 0.0461 e. The topological polar surface area (TPSA) is 9.72 Å². The van der Waals surface area contributed by atoms with E-state index in [0.29, 0.717) is 0 Å². The number of anilines is 9. The zero-order chi connectivity index (χ0) is 43.2. The molecule has 0 fully saturated rings. The van der Waals surface area contributed by atoms with Crippen molar-refractivity contribution in [1.29, 1.82) is 0 Å². The Morgan fingerprint density at radius 3 is 0.492 bits per heavy atom. The molecule has 0 radical (unpaired) electrons. The normalized spacial score (nSPS) is 11.5. The van der Waals surface area contributed by atoms with Crippen LogP contribution >= 0.6 is 0 Å². The fourth-order valence-corrected chi connectivity index (χ4v) is 8.67. The fourth-order valence-electron chi connectivity index (χ4n) is 8.67. The summed E-state index contributed by atoms with van der Waals surface area (Å²) in [5.74, 6) is 0. The van der Waals surface area contributed by atoms with Crippen molar-refractivity contribution < 1.29 is 0 Å². The average Bonchev–Trinajstić information content (AvgIpc) is 3.34. The number of benzene rings is 9. The molecule has 9 rings (SSSR count). The molecule has 3 heteroatoms. The number of para-hydroxylation sites is 5. The van der Waals surface area contributed by atoms with Crippen LogP contribution in [0.4, 0.5) is 51.2 Å². The molecule has 0 aliphatic heterocycles. The van der Waals surface area contributed by atoms with E-state index in [9.17, 15) is 0 Å². The SMILES string of the molecule is CC(C)(c1ccc(N(c2ccccc2)c2ccccc2)cc1)c1ccc(N(c2ccccc2)c2ccc(C(C)(C)c3ccc(N(c4ccccc4)c4ccccc4)cc3)cc2)cc1. The van der Waals surface area contributed by atoms with Crippen LogP contribution in [0.1, 0.15) is 49.9 Å². The predicted molar refractivity (Wildman–Crippen MR) is 268 cm³/mol. The summed E-state index contributed by atoms with van der Waals surface area (Å²) in [6, 6.07) is 89.2. The Bertz CT molecular complexity index is 2560. The molecule has 0 spiro atoms. The number of hydrogen-bond donors (Lipinski definition) is 0. The summed E-state index contributed by atoms with van der Waals surface area (Å²) < 4.78 is 0. The van der Waals surface area contributed by atoms with Crippen LogP contribution in [0.5, 0.6) is 0 Å². The molecule has 0 amide bonds. The van der Waals surface area contributed by atoms with Gasteiger partial charge in [0, 0.05) is 62.0 Å². The molecule has 0 N–H and O–H groups in total. The van der Waals surface area contributed by atoms with Crippen LogP contribution in [0.2, 0.25) is 0 Å². The van der Waals surface area contributed by atoms with Gasteiger partial charge >= 0.3 is 0 Å². The average molecular weight is 816 g/mol. The van der Waals surface area contributed by atoms with Gasteiger partial charge in [-0.1, -0.05) is 167 Å². The largest absolute Gasteiger partial charge is 0.311 e. The first-order valence-corrected chi connectivity index (χ1v) is 21.9. The molecule has 9 aromatic rings. The van der Waals surface area contributed by atoms with E-state index in [1.54, 1.807) is 0 Å². The maximum atomic E-state index is 2.35. The Morgan fingerprint density at radius 2 is 0.333 bits per heavy atom. The van der Waals surface area contributed by atoms with Crippen molar-refractivity contribution in [3.63, 3.8) is 0 Å². The molecule has 0 saturated heterocycles. The van der Waals surface area contributed by atoms with E-state index in [1.807, 2.05) is 0 Å². The fraction of sp³-hybridized carbons (Fsp3) is 0.100. The summed E-state index contributed by atoms with van der Waals surface area (Å²) >= 11 is 0. The van der Waals surface area contributed by atoms with E-state index in [2.05, 4.69) is 291 Å². The summed E-state index contributed by atoms with van der Waals surface area (Å²) in [6.07, 6.45) is 0. The molecule has 0 saturated carbocycles. The summed E-state index contributed by atoms with van der Waals surface area (Å²) in [5, 5.41) is 0. The molecular formula is C60H53N3. The highest BCUT2D eigenvalue weighted by atomic mass is 15.2. The minimum atomic E-state index is -0.216. The molecule has 0 atom stereocenters. The van der Waals surface area contributed by atoms with Gasteiger partial charge in [-0.3, -0.25) is 0 Å². The third-order valence-electron chi connectivity index (χ3n) is 12.5. The van der Waals surface area contributed by atoms with E-state index in [-0.39, 0.29) is 10.8 Å². The van der Waals surface area contributed by atoms with Crippen LogP contribution in [-0.2, 0) is 10.8 Å². The first kappa shape index (κ1) is 40.8. The molecule has 9 aromatic carbocycles. The second-order valence-electron chi connectivity index (χ2n) is 17.1. The van der Waals surface area contributed by atoms with Crippen LogP contribution in [0.3, 0.4) is 0 Å². The molecule has 0 unspecified atom stereocenters. The molecule has 63 heavy (non-hydrogen) atoms. The molecule has 0 bridgehead atoms. The van der Waals surface area contributed by atoms with Crippen LogP contribution in [0, 0.1) is 0 Å². The lowest BCUT2D eigenvalue weighted by atomic mass is 9.78. The van der Waals surface area contributed by atoms with Gasteiger partial charge < -0.3 is 14.7 Å². The van der Waals surface area contributed by atoms with E-state index in [1.165, 1.54) is 22.3 Å². The van der Waals surface area contributed by atoms with Gasteiger partial charge in [0.05, 0.1) is 0 Å². The maximum Gasteiger partial charge on any atom is 0.0461 e. The van der Waals surface area contributed by atoms with Crippen LogP contribution in [-0.4, -0.2) is 0 Å². The van der Waals surface area contributed by atoms with E-state index >= 15 is 0 Å². The zero-order valence-electron chi connectivity index (χ0n) is 36.5. The highest BCUT2D eigenvalue weighted by molar-refractivity contribution is 5.79. The summed E-state index contributed by atoms with van der Waals surface area (Å²) in [6.45, 7) is 9.26. The molecule has 308 valence electrons. The number of hydrogen-bond acceptors (Lipinski definition) is 3. The Balaban J connectivity index is 0.966. The third kappa shape index (κ3) is 8.51. The molecule has 0 heterocycles. The molecular weight excluding hydrogens is 763 g/mol. The van der Waals surface area contributed by atoms with Crippen molar-refractivity contribution >= 4 is 51.2 Å². The van der Waals surface area contributed by atoms with E-state index in [4.69, 9.17) is 0 Å². The Kier molecular flexibility index (Phi) is 11.5. The minimum Gasteiger partial charge on any atom is -0.311 e. The van der Waals surface area contributed by atoms with E-state index < -0.39 is 0 Å². The summed E-state index contributed by atoms with van der Waals surface area (Å²) in [7, 11) is 0. The van der Waals surface area contributed by atoms with Crippen molar-refractivity contribution in [2.45, 2.75) is 38.5 Å². The lowest BCUT2D eigenvalue weighted by Gasteiger charge is -2.31. The number of rotatable bonds is 13. The van der Waals surface area contributed by atoms with Crippen molar-refractivity contribution in [3.05, 3.63) is 271 Å². The van der Waals surface area contributed by atoms with Crippen LogP contribution in [0.15, 0.2) is 249 Å². The third-order valence-corrected chi connectivity index (χ3v) is 12.5. The lowest BCUT2D eigenvalue weighted by Crippen LogP contribution is -2.20. The Labute approximate surface area is 373 Å². The van der Waals surface area contributed by atoms with Gasteiger partial charge in [0.1, 0.15) is 0 Å². The van der Waals surface area contributed by atoms with Gasteiger partial charge in [-0.05, 0) is 131 Å². The second kappa shape index (κ2) is 17.8. The molecule has 3 nitrogen and oxygen atoms in total. The lowest BCUT2D eigenvalue weighted by molar-refractivity contribution is 0.641. The van der Waals surface area contributed by atoms with Crippen molar-refractivity contribution in [2.75, 3.05) is 14.7 Å². The molecule has 0 aromatic heterocycles. The predicted octanol–water partition coefficient (Wildman–Crippen LogP) is 16.7. The van der Waals surface area contributed by atoms with E-state index in [0.717, 1.165) is 51.2 Å². The Morgan fingerprint density at radius 1 is 0.190 bits per heavy atom.